The molecule has 1 unspecified atom stereocenters. The first-order chi connectivity index (χ1) is 6.83. The summed E-state index contributed by atoms with van der Waals surface area (Å²) >= 11 is 0. The highest BCUT2D eigenvalue weighted by molar-refractivity contribution is 4.71. The summed E-state index contributed by atoms with van der Waals surface area (Å²) < 4.78 is 0. The molecule has 0 radical (unpaired) electrons. The van der Waals surface area contributed by atoms with Crippen molar-refractivity contribution in [1.82, 2.24) is 5.32 Å². The third-order valence-electron chi connectivity index (χ3n) is 3.51. The Morgan fingerprint density at radius 1 is 1.29 bits per heavy atom. The van der Waals surface area contributed by atoms with Crippen LogP contribution in [0.15, 0.2) is 0 Å². The van der Waals surface area contributed by atoms with Crippen molar-refractivity contribution >= 4 is 0 Å². The Hall–Kier alpha value is -0.0400. The molecule has 1 aliphatic rings. The summed E-state index contributed by atoms with van der Waals surface area (Å²) in [4.78, 5) is 0. The first-order valence-corrected chi connectivity index (χ1v) is 6.56. The van der Waals surface area contributed by atoms with Crippen molar-refractivity contribution in [3.63, 3.8) is 0 Å². The van der Waals surface area contributed by atoms with Gasteiger partial charge in [0.2, 0.25) is 0 Å². The molecule has 0 aromatic rings. The summed E-state index contributed by atoms with van der Waals surface area (Å²) in [5, 5.41) is 3.64. The maximum absolute atomic E-state index is 3.64. The van der Waals surface area contributed by atoms with Gasteiger partial charge in [-0.2, -0.15) is 0 Å². The van der Waals surface area contributed by atoms with Gasteiger partial charge in [-0.05, 0) is 32.2 Å². The zero-order valence-corrected chi connectivity index (χ0v) is 10.0. The number of nitrogens with one attached hydrogen (secondary N) is 1. The fraction of sp³-hybridized carbons (Fsp3) is 1.00. The summed E-state index contributed by atoms with van der Waals surface area (Å²) in [6, 6.07) is 0.738. The summed E-state index contributed by atoms with van der Waals surface area (Å²) in [5.74, 6) is 1.06. The van der Waals surface area contributed by atoms with Crippen molar-refractivity contribution in [3.05, 3.63) is 0 Å². The highest BCUT2D eigenvalue weighted by Gasteiger charge is 2.16. The van der Waals surface area contributed by atoms with Gasteiger partial charge in [-0.15, -0.1) is 0 Å². The van der Waals surface area contributed by atoms with Crippen molar-refractivity contribution in [2.45, 2.75) is 71.3 Å². The second-order valence-electron chi connectivity index (χ2n) is 4.94. The van der Waals surface area contributed by atoms with E-state index in [9.17, 15) is 0 Å². The van der Waals surface area contributed by atoms with Crippen LogP contribution in [0.2, 0.25) is 0 Å². The van der Waals surface area contributed by atoms with Crippen LogP contribution in [0.5, 0.6) is 0 Å². The van der Waals surface area contributed by atoms with E-state index in [1.54, 1.807) is 0 Å². The van der Waals surface area contributed by atoms with Gasteiger partial charge in [-0.1, -0.05) is 45.4 Å². The van der Waals surface area contributed by atoms with Gasteiger partial charge in [-0.3, -0.25) is 0 Å². The van der Waals surface area contributed by atoms with Gasteiger partial charge in [0.25, 0.3) is 0 Å². The van der Waals surface area contributed by atoms with E-state index in [0.717, 1.165) is 12.0 Å². The molecule has 0 heterocycles. The predicted octanol–water partition coefficient (Wildman–Crippen LogP) is 3.74. The summed E-state index contributed by atoms with van der Waals surface area (Å²) in [5.41, 5.74) is 0. The van der Waals surface area contributed by atoms with Crippen LogP contribution in [-0.4, -0.2) is 12.6 Å². The number of hydrogen-bond donors (Lipinski definition) is 1. The van der Waals surface area contributed by atoms with Crippen LogP contribution in [-0.2, 0) is 0 Å². The molecule has 0 aromatic heterocycles. The fourth-order valence-electron chi connectivity index (χ4n) is 2.12. The SMILES string of the molecule is CCCCCC(C)NCCC1CCC1. The van der Waals surface area contributed by atoms with Crippen LogP contribution < -0.4 is 5.32 Å². The van der Waals surface area contributed by atoms with Crippen LogP contribution in [0.3, 0.4) is 0 Å². The van der Waals surface area contributed by atoms with Crippen molar-refractivity contribution in [1.29, 1.82) is 0 Å². The lowest BCUT2D eigenvalue weighted by Crippen LogP contribution is -2.29. The van der Waals surface area contributed by atoms with Gasteiger partial charge < -0.3 is 5.32 Å². The topological polar surface area (TPSA) is 12.0 Å². The van der Waals surface area contributed by atoms with Crippen molar-refractivity contribution < 1.29 is 0 Å². The first kappa shape index (κ1) is 12.0. The van der Waals surface area contributed by atoms with Crippen molar-refractivity contribution in [2.75, 3.05) is 6.54 Å². The molecule has 0 aromatic carbocycles. The minimum absolute atomic E-state index is 0.738. The van der Waals surface area contributed by atoms with E-state index < -0.39 is 0 Å². The molecule has 1 nitrogen and oxygen atoms in total. The molecule has 0 amide bonds. The monoisotopic (exact) mass is 197 g/mol. The fourth-order valence-corrected chi connectivity index (χ4v) is 2.12. The van der Waals surface area contributed by atoms with Crippen LogP contribution in [0.1, 0.15) is 65.2 Å². The van der Waals surface area contributed by atoms with Crippen LogP contribution in [0.25, 0.3) is 0 Å². The van der Waals surface area contributed by atoms with Crippen LogP contribution >= 0.6 is 0 Å². The van der Waals surface area contributed by atoms with Crippen LogP contribution in [0, 0.1) is 5.92 Å². The molecule has 0 saturated heterocycles. The van der Waals surface area contributed by atoms with Crippen LogP contribution in [0.4, 0.5) is 0 Å². The van der Waals surface area contributed by atoms with E-state index in [2.05, 4.69) is 19.2 Å². The Labute approximate surface area is 89.7 Å². The molecule has 1 atom stereocenters. The molecule has 1 saturated carbocycles. The van der Waals surface area contributed by atoms with Gasteiger partial charge >= 0.3 is 0 Å². The van der Waals surface area contributed by atoms with E-state index >= 15 is 0 Å². The molecule has 1 fully saturated rings. The summed E-state index contributed by atoms with van der Waals surface area (Å²) in [7, 11) is 0. The Morgan fingerprint density at radius 3 is 2.64 bits per heavy atom. The average Bonchev–Trinajstić information content (AvgIpc) is 2.10. The zero-order chi connectivity index (χ0) is 10.2. The first-order valence-electron chi connectivity index (χ1n) is 6.56. The zero-order valence-electron chi connectivity index (χ0n) is 10.0. The number of rotatable bonds is 8. The molecule has 0 aliphatic heterocycles. The maximum atomic E-state index is 3.64. The lowest BCUT2D eigenvalue weighted by atomic mass is 9.83. The maximum Gasteiger partial charge on any atom is 0.00387 e. The summed E-state index contributed by atoms with van der Waals surface area (Å²) in [6.45, 7) is 5.85. The van der Waals surface area contributed by atoms with Gasteiger partial charge in [-0.25, -0.2) is 0 Å². The Morgan fingerprint density at radius 2 is 2.07 bits per heavy atom. The van der Waals surface area contributed by atoms with E-state index in [0.29, 0.717) is 0 Å². The van der Waals surface area contributed by atoms with E-state index in [1.807, 2.05) is 0 Å². The predicted molar refractivity (Wildman–Crippen MR) is 63.6 cm³/mol. The van der Waals surface area contributed by atoms with Crippen molar-refractivity contribution in [3.8, 4) is 0 Å². The molecule has 1 heteroatoms. The summed E-state index contributed by atoms with van der Waals surface area (Å²) in [6.07, 6.45) is 11.4. The molecule has 0 spiro atoms. The lowest BCUT2D eigenvalue weighted by Gasteiger charge is -2.26. The molecule has 1 rings (SSSR count). The highest BCUT2D eigenvalue weighted by Crippen LogP contribution is 2.28. The second-order valence-corrected chi connectivity index (χ2v) is 4.94. The highest BCUT2D eigenvalue weighted by atomic mass is 14.9. The third kappa shape index (κ3) is 4.99. The van der Waals surface area contributed by atoms with E-state index in [4.69, 9.17) is 0 Å². The smallest absolute Gasteiger partial charge is 0.00387 e. The molecule has 1 aliphatic carbocycles. The average molecular weight is 197 g/mol. The van der Waals surface area contributed by atoms with Gasteiger partial charge in [0.1, 0.15) is 0 Å². The Bertz CT molecular complexity index is 129. The minimum Gasteiger partial charge on any atom is -0.314 e. The molecular formula is C13H27N. The van der Waals surface area contributed by atoms with E-state index in [-0.39, 0.29) is 0 Å². The molecule has 1 N–H and O–H groups in total. The molecular weight excluding hydrogens is 170 g/mol. The van der Waals surface area contributed by atoms with Gasteiger partial charge in [0.05, 0.1) is 0 Å². The standard InChI is InChI=1S/C13H27N/c1-3-4-5-7-12(2)14-11-10-13-8-6-9-13/h12-14H,3-11H2,1-2H3. The van der Waals surface area contributed by atoms with Gasteiger partial charge in [0.15, 0.2) is 0 Å². The third-order valence-corrected chi connectivity index (χ3v) is 3.51. The number of unbranched alkanes of at least 4 members (excludes halogenated alkanes) is 2. The molecule has 84 valence electrons. The quantitative estimate of drug-likeness (QED) is 0.585. The largest absolute Gasteiger partial charge is 0.314 e. The van der Waals surface area contributed by atoms with Gasteiger partial charge in [0, 0.05) is 6.04 Å². The lowest BCUT2D eigenvalue weighted by molar-refractivity contribution is 0.287. The Balaban J connectivity index is 1.84. The number of hydrogen-bond acceptors (Lipinski definition) is 1. The van der Waals surface area contributed by atoms with Crippen molar-refractivity contribution in [2.24, 2.45) is 5.92 Å². The minimum atomic E-state index is 0.738. The second kappa shape index (κ2) is 7.28. The normalized spacial score (nSPS) is 19.3. The molecule has 0 bridgehead atoms. The molecule has 14 heavy (non-hydrogen) atoms. The van der Waals surface area contributed by atoms with E-state index in [1.165, 1.54) is 57.9 Å². The Kier molecular flexibility index (Phi) is 6.25.